The number of aliphatic hydroxyl groups is 1. The van der Waals surface area contributed by atoms with E-state index in [9.17, 15) is 23.5 Å². The number of hydrogen-bond acceptors (Lipinski definition) is 5. The standard InChI is InChI=1S/C21H23F2NO5/c1-2-19(13-15-9-5-3-6-10-15,21(24,28)20(22,23)17(25)26)18(27)29-14-16-11-7-4-8-12-16/h3-12,28H,2,13-14,24H2,1H3,(H,25,26). The number of benzene rings is 2. The van der Waals surface area contributed by atoms with Crippen molar-refractivity contribution in [2.24, 2.45) is 11.1 Å². The molecule has 0 aliphatic rings. The van der Waals surface area contributed by atoms with Gasteiger partial charge in [0.2, 0.25) is 5.72 Å². The lowest BCUT2D eigenvalue weighted by Crippen LogP contribution is -2.72. The fourth-order valence-electron chi connectivity index (χ4n) is 3.17. The number of hydrogen-bond donors (Lipinski definition) is 3. The summed E-state index contributed by atoms with van der Waals surface area (Å²) in [5.41, 5.74) is 0.418. The number of esters is 1. The van der Waals surface area contributed by atoms with Crippen LogP contribution in [-0.4, -0.2) is 33.8 Å². The number of ether oxygens (including phenoxy) is 1. The maximum Gasteiger partial charge on any atom is 0.384 e. The molecule has 2 aromatic carbocycles. The number of aliphatic carboxylic acids is 1. The van der Waals surface area contributed by atoms with Gasteiger partial charge >= 0.3 is 17.9 Å². The summed E-state index contributed by atoms with van der Waals surface area (Å²) in [6, 6.07) is 16.5. The number of carbonyl (C=O) groups is 2. The van der Waals surface area contributed by atoms with Crippen LogP contribution >= 0.6 is 0 Å². The highest BCUT2D eigenvalue weighted by atomic mass is 19.3. The van der Waals surface area contributed by atoms with Crippen molar-refractivity contribution in [1.82, 2.24) is 0 Å². The average Bonchev–Trinajstić information content (AvgIpc) is 2.71. The van der Waals surface area contributed by atoms with E-state index in [-0.39, 0.29) is 13.0 Å². The van der Waals surface area contributed by atoms with E-state index < -0.39 is 35.4 Å². The minimum atomic E-state index is -4.80. The van der Waals surface area contributed by atoms with Gasteiger partial charge in [0.15, 0.2) is 0 Å². The highest BCUT2D eigenvalue weighted by molar-refractivity contribution is 5.84. The monoisotopic (exact) mass is 407 g/mol. The minimum Gasteiger partial charge on any atom is -0.477 e. The Morgan fingerprint density at radius 3 is 1.93 bits per heavy atom. The first-order valence-electron chi connectivity index (χ1n) is 8.96. The molecule has 2 atom stereocenters. The zero-order valence-corrected chi connectivity index (χ0v) is 15.8. The van der Waals surface area contributed by atoms with E-state index in [0.717, 1.165) is 0 Å². The molecule has 2 aromatic rings. The number of halogens is 2. The molecule has 8 heteroatoms. The summed E-state index contributed by atoms with van der Waals surface area (Å²) in [5.74, 6) is -8.65. The Balaban J connectivity index is 2.48. The molecular weight excluding hydrogens is 384 g/mol. The van der Waals surface area contributed by atoms with Crippen LogP contribution in [0, 0.1) is 5.41 Å². The van der Waals surface area contributed by atoms with Crippen molar-refractivity contribution in [3.63, 3.8) is 0 Å². The van der Waals surface area contributed by atoms with Crippen molar-refractivity contribution in [2.45, 2.75) is 38.0 Å². The van der Waals surface area contributed by atoms with E-state index in [1.54, 1.807) is 60.7 Å². The van der Waals surface area contributed by atoms with Gasteiger partial charge in [-0.25, -0.2) is 4.79 Å². The number of carboxylic acids is 1. The van der Waals surface area contributed by atoms with Crippen molar-refractivity contribution >= 4 is 11.9 Å². The number of carbonyl (C=O) groups excluding carboxylic acids is 1. The second kappa shape index (κ2) is 8.67. The fraction of sp³-hybridized carbons (Fsp3) is 0.333. The van der Waals surface area contributed by atoms with E-state index in [1.807, 2.05) is 0 Å². The number of nitrogens with two attached hydrogens (primary N) is 1. The van der Waals surface area contributed by atoms with Crippen molar-refractivity contribution in [3.8, 4) is 0 Å². The molecule has 4 N–H and O–H groups in total. The molecule has 29 heavy (non-hydrogen) atoms. The van der Waals surface area contributed by atoms with Gasteiger partial charge in [-0.15, -0.1) is 0 Å². The third kappa shape index (κ3) is 4.28. The highest BCUT2D eigenvalue weighted by Gasteiger charge is 2.70. The molecule has 0 amide bonds. The second-order valence-electron chi connectivity index (χ2n) is 6.81. The Bertz CT molecular complexity index is 843. The van der Waals surface area contributed by atoms with Crippen molar-refractivity contribution in [1.29, 1.82) is 0 Å². The summed E-state index contributed by atoms with van der Waals surface area (Å²) in [5, 5.41) is 19.5. The number of rotatable bonds is 9. The summed E-state index contributed by atoms with van der Waals surface area (Å²) >= 11 is 0. The summed E-state index contributed by atoms with van der Waals surface area (Å²) in [4.78, 5) is 24.1. The second-order valence-corrected chi connectivity index (χ2v) is 6.81. The fourth-order valence-corrected chi connectivity index (χ4v) is 3.17. The molecule has 0 saturated heterocycles. The molecular formula is C21H23F2NO5. The van der Waals surface area contributed by atoms with E-state index in [0.29, 0.717) is 11.1 Å². The van der Waals surface area contributed by atoms with E-state index in [2.05, 4.69) is 0 Å². The van der Waals surface area contributed by atoms with E-state index >= 15 is 0 Å². The van der Waals surface area contributed by atoms with Crippen LogP contribution in [0.3, 0.4) is 0 Å². The summed E-state index contributed by atoms with van der Waals surface area (Å²) < 4.78 is 34.1. The predicted molar refractivity (Wildman–Crippen MR) is 101 cm³/mol. The van der Waals surface area contributed by atoms with Crippen LogP contribution < -0.4 is 5.73 Å². The molecule has 2 unspecified atom stereocenters. The van der Waals surface area contributed by atoms with Crippen LogP contribution in [0.25, 0.3) is 0 Å². The van der Waals surface area contributed by atoms with E-state index in [1.165, 1.54) is 6.92 Å². The molecule has 0 aromatic heterocycles. The zero-order chi connectivity index (χ0) is 21.7. The van der Waals surface area contributed by atoms with Gasteiger partial charge in [0.25, 0.3) is 0 Å². The van der Waals surface area contributed by atoms with Crippen LogP contribution in [0.4, 0.5) is 8.78 Å². The summed E-state index contributed by atoms with van der Waals surface area (Å²) in [6.07, 6.45) is -0.820. The minimum absolute atomic E-state index is 0.245. The quantitative estimate of drug-likeness (QED) is 0.436. The normalized spacial score (nSPS) is 15.8. The Morgan fingerprint density at radius 2 is 1.48 bits per heavy atom. The molecule has 2 rings (SSSR count). The largest absolute Gasteiger partial charge is 0.477 e. The van der Waals surface area contributed by atoms with Gasteiger partial charge in [-0.3, -0.25) is 10.5 Å². The van der Waals surface area contributed by atoms with Crippen molar-refractivity contribution in [3.05, 3.63) is 71.8 Å². The lowest BCUT2D eigenvalue weighted by atomic mass is 9.68. The Morgan fingerprint density at radius 1 is 1.00 bits per heavy atom. The van der Waals surface area contributed by atoms with Gasteiger partial charge in [-0.2, -0.15) is 8.78 Å². The topological polar surface area (TPSA) is 110 Å². The third-order valence-electron chi connectivity index (χ3n) is 5.03. The van der Waals surface area contributed by atoms with Gasteiger partial charge in [0, 0.05) is 0 Å². The molecule has 0 aliphatic heterocycles. The summed E-state index contributed by atoms with van der Waals surface area (Å²) in [7, 11) is 0. The SMILES string of the molecule is CCC(Cc1ccccc1)(C(=O)OCc1ccccc1)C(N)(O)C(F)(F)C(=O)O. The lowest BCUT2D eigenvalue weighted by Gasteiger charge is -2.44. The molecule has 0 spiro atoms. The van der Waals surface area contributed by atoms with Crippen LogP contribution in [-0.2, 0) is 27.4 Å². The molecule has 6 nitrogen and oxygen atoms in total. The Kier molecular flexibility index (Phi) is 6.71. The lowest BCUT2D eigenvalue weighted by molar-refractivity contribution is -0.248. The third-order valence-corrected chi connectivity index (χ3v) is 5.03. The first-order chi connectivity index (χ1) is 13.6. The smallest absolute Gasteiger partial charge is 0.384 e. The van der Waals surface area contributed by atoms with Crippen LogP contribution in [0.5, 0.6) is 0 Å². The van der Waals surface area contributed by atoms with Gasteiger partial charge in [0.05, 0.1) is 0 Å². The summed E-state index contributed by atoms with van der Waals surface area (Å²) in [6.45, 7) is 1.12. The molecule has 0 heterocycles. The van der Waals surface area contributed by atoms with Gasteiger partial charge in [-0.05, 0) is 24.0 Å². The maximum absolute atomic E-state index is 14.5. The highest BCUT2D eigenvalue weighted by Crippen LogP contribution is 2.45. The van der Waals surface area contributed by atoms with Crippen molar-refractivity contribution < 1.29 is 33.3 Å². The zero-order valence-electron chi connectivity index (χ0n) is 15.8. The van der Waals surface area contributed by atoms with Gasteiger partial charge in [0.1, 0.15) is 12.0 Å². The van der Waals surface area contributed by atoms with Crippen LogP contribution in [0.1, 0.15) is 24.5 Å². The van der Waals surface area contributed by atoms with Gasteiger partial charge < -0.3 is 14.9 Å². The molecule has 0 bridgehead atoms. The molecule has 0 aliphatic carbocycles. The number of carboxylic acid groups (broad SMARTS) is 1. The maximum atomic E-state index is 14.5. The molecule has 156 valence electrons. The van der Waals surface area contributed by atoms with Crippen LogP contribution in [0.15, 0.2) is 60.7 Å². The first kappa shape index (κ1) is 22.4. The van der Waals surface area contributed by atoms with Crippen molar-refractivity contribution in [2.75, 3.05) is 0 Å². The van der Waals surface area contributed by atoms with Gasteiger partial charge in [-0.1, -0.05) is 67.6 Å². The average molecular weight is 407 g/mol. The van der Waals surface area contributed by atoms with E-state index in [4.69, 9.17) is 15.6 Å². The first-order valence-corrected chi connectivity index (χ1v) is 8.96. The molecule has 0 radical (unpaired) electrons. The molecule has 0 fully saturated rings. The Labute approximate surface area is 166 Å². The Hall–Kier alpha value is -2.84. The van der Waals surface area contributed by atoms with Crippen LogP contribution in [0.2, 0.25) is 0 Å². The predicted octanol–water partition coefficient (Wildman–Crippen LogP) is 2.74. The molecule has 0 saturated carbocycles. The number of alkyl halides is 2.